The Hall–Kier alpha value is -1.62. The van der Waals surface area contributed by atoms with Crippen molar-refractivity contribution in [1.29, 1.82) is 0 Å². The van der Waals surface area contributed by atoms with E-state index in [2.05, 4.69) is 9.44 Å². The van der Waals surface area contributed by atoms with Gasteiger partial charge in [-0.3, -0.25) is 18.7 Å². The van der Waals surface area contributed by atoms with Crippen molar-refractivity contribution < 1.29 is 8.42 Å². The molecule has 146 valence electrons. The first-order valence-electron chi connectivity index (χ1n) is 8.86. The normalized spacial score (nSPS) is 21.6. The van der Waals surface area contributed by atoms with Crippen LogP contribution in [0.15, 0.2) is 32.7 Å². The number of sulfonamides is 1. The van der Waals surface area contributed by atoms with Gasteiger partial charge in [0.15, 0.2) is 0 Å². The van der Waals surface area contributed by atoms with E-state index in [9.17, 15) is 18.0 Å². The van der Waals surface area contributed by atoms with Crippen LogP contribution >= 0.6 is 11.9 Å². The molecule has 1 aliphatic carbocycles. The molecule has 27 heavy (non-hydrogen) atoms. The van der Waals surface area contributed by atoms with E-state index in [1.54, 1.807) is 7.05 Å². The van der Waals surface area contributed by atoms with Crippen LogP contribution in [0.1, 0.15) is 26.2 Å². The van der Waals surface area contributed by atoms with Gasteiger partial charge < -0.3 is 0 Å². The smallest absolute Gasteiger partial charge is 0.296 e. The SMILES string of the molecule is Cn1c(=O)n(CC2CCNS2)c(=O)c2cc(S(=O)(=O)NC3(C)CC3)ccc21. The first kappa shape index (κ1) is 18.7. The highest BCUT2D eigenvalue weighted by molar-refractivity contribution is 7.98. The molecule has 1 saturated heterocycles. The van der Waals surface area contributed by atoms with Gasteiger partial charge in [0.25, 0.3) is 5.56 Å². The van der Waals surface area contributed by atoms with Crippen LogP contribution in [0.25, 0.3) is 10.9 Å². The fraction of sp³-hybridized carbons (Fsp3) is 0.529. The van der Waals surface area contributed by atoms with Crippen molar-refractivity contribution in [2.75, 3.05) is 6.54 Å². The summed E-state index contributed by atoms with van der Waals surface area (Å²) >= 11 is 1.52. The number of aryl methyl sites for hydroxylation is 1. The van der Waals surface area contributed by atoms with Gasteiger partial charge in [-0.15, -0.1) is 0 Å². The lowest BCUT2D eigenvalue weighted by Crippen LogP contribution is -2.41. The highest BCUT2D eigenvalue weighted by Gasteiger charge is 2.41. The predicted molar refractivity (Wildman–Crippen MR) is 105 cm³/mol. The Balaban J connectivity index is 1.82. The van der Waals surface area contributed by atoms with Gasteiger partial charge in [-0.2, -0.15) is 0 Å². The summed E-state index contributed by atoms with van der Waals surface area (Å²) in [6.07, 6.45) is 2.47. The molecule has 1 unspecified atom stereocenters. The summed E-state index contributed by atoms with van der Waals surface area (Å²) in [6.45, 7) is 2.99. The highest BCUT2D eigenvalue weighted by atomic mass is 32.2. The van der Waals surface area contributed by atoms with E-state index in [1.165, 1.54) is 39.3 Å². The van der Waals surface area contributed by atoms with E-state index >= 15 is 0 Å². The molecule has 2 aliphatic rings. The molecule has 2 N–H and O–H groups in total. The van der Waals surface area contributed by atoms with E-state index < -0.39 is 21.1 Å². The summed E-state index contributed by atoms with van der Waals surface area (Å²) in [7, 11) is -2.13. The largest absolute Gasteiger partial charge is 0.331 e. The summed E-state index contributed by atoms with van der Waals surface area (Å²) in [4.78, 5) is 25.6. The van der Waals surface area contributed by atoms with E-state index in [0.29, 0.717) is 12.1 Å². The Morgan fingerprint density at radius 3 is 2.70 bits per heavy atom. The van der Waals surface area contributed by atoms with Crippen LogP contribution in [0, 0.1) is 0 Å². The maximum Gasteiger partial charge on any atom is 0.331 e. The number of rotatable bonds is 5. The summed E-state index contributed by atoms with van der Waals surface area (Å²) in [5, 5.41) is 0.369. The minimum Gasteiger partial charge on any atom is -0.296 e. The van der Waals surface area contributed by atoms with Crippen molar-refractivity contribution >= 4 is 32.9 Å². The molecule has 1 aromatic heterocycles. The number of aromatic nitrogens is 2. The van der Waals surface area contributed by atoms with Crippen LogP contribution in [0.3, 0.4) is 0 Å². The van der Waals surface area contributed by atoms with Crippen molar-refractivity contribution in [2.45, 2.75) is 48.4 Å². The van der Waals surface area contributed by atoms with Crippen LogP contribution in [-0.2, 0) is 23.6 Å². The molecular weight excluding hydrogens is 388 g/mol. The third-order valence-electron chi connectivity index (χ3n) is 5.22. The van der Waals surface area contributed by atoms with Crippen LogP contribution in [0.4, 0.5) is 0 Å². The third kappa shape index (κ3) is 3.46. The molecule has 0 amide bonds. The number of hydrogen-bond acceptors (Lipinski definition) is 6. The molecule has 1 atom stereocenters. The molecule has 0 spiro atoms. The van der Waals surface area contributed by atoms with Crippen molar-refractivity contribution in [2.24, 2.45) is 7.05 Å². The zero-order valence-electron chi connectivity index (χ0n) is 15.2. The van der Waals surface area contributed by atoms with E-state index in [-0.39, 0.29) is 21.2 Å². The van der Waals surface area contributed by atoms with E-state index in [1.807, 2.05) is 6.92 Å². The number of benzene rings is 1. The average Bonchev–Trinajstić information content (AvgIpc) is 3.12. The number of nitrogens with one attached hydrogen (secondary N) is 2. The molecular formula is C17H22N4O4S2. The van der Waals surface area contributed by atoms with Gasteiger partial charge >= 0.3 is 5.69 Å². The molecule has 0 radical (unpaired) electrons. The van der Waals surface area contributed by atoms with Gasteiger partial charge in [0.05, 0.1) is 15.8 Å². The Morgan fingerprint density at radius 1 is 1.33 bits per heavy atom. The van der Waals surface area contributed by atoms with Crippen molar-refractivity contribution in [1.82, 2.24) is 18.6 Å². The Bertz CT molecular complexity index is 1130. The summed E-state index contributed by atoms with van der Waals surface area (Å²) in [6, 6.07) is 4.34. The Morgan fingerprint density at radius 2 is 2.07 bits per heavy atom. The third-order valence-corrected chi connectivity index (χ3v) is 7.94. The first-order chi connectivity index (χ1) is 12.7. The molecule has 10 heteroatoms. The fourth-order valence-corrected chi connectivity index (χ4v) is 5.71. The molecule has 2 heterocycles. The van der Waals surface area contributed by atoms with Gasteiger partial charge in [0, 0.05) is 30.9 Å². The molecule has 1 aromatic carbocycles. The predicted octanol–water partition coefficient (Wildman–Crippen LogP) is 0.541. The Kier molecular flexibility index (Phi) is 4.49. The summed E-state index contributed by atoms with van der Waals surface area (Å²) in [5.41, 5.74) is -0.811. The van der Waals surface area contributed by atoms with Crippen LogP contribution < -0.4 is 20.7 Å². The van der Waals surface area contributed by atoms with Crippen molar-refractivity contribution in [3.8, 4) is 0 Å². The monoisotopic (exact) mass is 410 g/mol. The second-order valence-electron chi connectivity index (χ2n) is 7.53. The van der Waals surface area contributed by atoms with Crippen LogP contribution in [0.5, 0.6) is 0 Å². The lowest BCUT2D eigenvalue weighted by atomic mass is 10.2. The second-order valence-corrected chi connectivity index (χ2v) is 10.4. The summed E-state index contributed by atoms with van der Waals surface area (Å²) < 4.78 is 33.8. The topological polar surface area (TPSA) is 102 Å². The molecule has 2 fully saturated rings. The van der Waals surface area contributed by atoms with Gasteiger partial charge in [0.1, 0.15) is 0 Å². The standard InChI is InChI=1S/C17H22N4O4S2/c1-17(6-7-17)19-27(24,25)12-3-4-14-13(9-12)15(22)21(16(23)20(14)2)10-11-5-8-18-26-11/h3-4,9,11,18-19H,5-8,10H2,1-2H3. The number of fused-ring (bicyclic) bond motifs is 1. The highest BCUT2D eigenvalue weighted by Crippen LogP contribution is 2.36. The first-order valence-corrected chi connectivity index (χ1v) is 11.2. The zero-order valence-corrected chi connectivity index (χ0v) is 16.8. The lowest BCUT2D eigenvalue weighted by molar-refractivity contribution is 0.558. The van der Waals surface area contributed by atoms with Gasteiger partial charge in [-0.05, 0) is 44.4 Å². The van der Waals surface area contributed by atoms with Crippen LogP contribution in [-0.4, -0.2) is 34.9 Å². The number of nitrogens with zero attached hydrogens (tertiary/aromatic N) is 2. The average molecular weight is 411 g/mol. The summed E-state index contributed by atoms with van der Waals surface area (Å²) in [5.74, 6) is 0. The lowest BCUT2D eigenvalue weighted by Gasteiger charge is -2.15. The minimum atomic E-state index is -3.72. The quantitative estimate of drug-likeness (QED) is 0.698. The van der Waals surface area contributed by atoms with Gasteiger partial charge in [-0.1, -0.05) is 11.9 Å². The molecule has 2 aromatic rings. The minimum absolute atomic E-state index is 0.0438. The molecule has 4 rings (SSSR count). The zero-order chi connectivity index (χ0) is 19.4. The molecule has 8 nitrogen and oxygen atoms in total. The van der Waals surface area contributed by atoms with Crippen molar-refractivity contribution in [3.63, 3.8) is 0 Å². The van der Waals surface area contributed by atoms with Crippen molar-refractivity contribution in [3.05, 3.63) is 39.0 Å². The Labute approximate surface area is 161 Å². The van der Waals surface area contributed by atoms with Gasteiger partial charge in [-0.25, -0.2) is 17.9 Å². The number of hydrogen-bond donors (Lipinski definition) is 2. The molecule has 1 saturated carbocycles. The molecule has 1 aliphatic heterocycles. The van der Waals surface area contributed by atoms with E-state index in [4.69, 9.17) is 0 Å². The maximum absolute atomic E-state index is 13.0. The van der Waals surface area contributed by atoms with E-state index in [0.717, 1.165) is 25.8 Å². The fourth-order valence-electron chi connectivity index (χ4n) is 3.28. The van der Waals surface area contributed by atoms with Gasteiger partial charge in [0.2, 0.25) is 10.0 Å². The maximum atomic E-state index is 13.0. The second kappa shape index (κ2) is 6.47. The molecule has 0 bridgehead atoms. The van der Waals surface area contributed by atoms with Crippen LogP contribution in [0.2, 0.25) is 0 Å².